The first-order valence-electron chi connectivity index (χ1n) is 11.4. The highest BCUT2D eigenvalue weighted by molar-refractivity contribution is 6.23. The van der Waals surface area contributed by atoms with E-state index in [0.29, 0.717) is 30.2 Å². The Labute approximate surface area is 202 Å². The molecule has 4 rings (SSSR count). The van der Waals surface area contributed by atoms with Gasteiger partial charge in [-0.25, -0.2) is 0 Å². The van der Waals surface area contributed by atoms with Gasteiger partial charge < -0.3 is 15.0 Å². The molecule has 0 aromatic heterocycles. The lowest BCUT2D eigenvalue weighted by molar-refractivity contribution is -0.131. The molecule has 10 heteroatoms. The maximum Gasteiger partial charge on any atom is 0.265 e. The smallest absolute Gasteiger partial charge is 0.265 e. The van der Waals surface area contributed by atoms with E-state index in [1.807, 2.05) is 13.8 Å². The second-order valence-corrected chi connectivity index (χ2v) is 8.21. The Morgan fingerprint density at radius 2 is 1.66 bits per heavy atom. The zero-order valence-corrected chi connectivity index (χ0v) is 19.7. The first-order chi connectivity index (χ1) is 16.8. The Bertz CT molecular complexity index is 1190. The number of likely N-dealkylation sites (N-methyl/N-ethyl adjacent to an activating group) is 1. The average molecular weight is 479 g/mol. The summed E-state index contributed by atoms with van der Waals surface area (Å²) in [5, 5.41) is 2.70. The fourth-order valence-corrected chi connectivity index (χ4v) is 4.19. The molecule has 10 nitrogen and oxygen atoms in total. The standard InChI is InChI=1S/C25H26N4O6/c1-4-27(5-2)21(30)13-28-19-12-16(10-11-20(19)35-14-22(28)31)26-23(32)15(3)29-24(33)17-8-6-7-9-18(17)25(29)34/h6-12,15H,4-5,13-14H2,1-3H3,(H,26,32). The topological polar surface area (TPSA) is 116 Å². The third-order valence-electron chi connectivity index (χ3n) is 6.17. The number of benzene rings is 2. The van der Waals surface area contributed by atoms with Crippen molar-refractivity contribution >= 4 is 40.9 Å². The summed E-state index contributed by atoms with van der Waals surface area (Å²) in [4.78, 5) is 67.5. The van der Waals surface area contributed by atoms with Gasteiger partial charge in [0.2, 0.25) is 11.8 Å². The third-order valence-corrected chi connectivity index (χ3v) is 6.17. The summed E-state index contributed by atoms with van der Waals surface area (Å²) in [5.74, 6) is -1.81. The van der Waals surface area contributed by atoms with Gasteiger partial charge in [-0.2, -0.15) is 0 Å². The summed E-state index contributed by atoms with van der Waals surface area (Å²) in [7, 11) is 0. The summed E-state index contributed by atoms with van der Waals surface area (Å²) in [6.45, 7) is 5.89. The average Bonchev–Trinajstić information content (AvgIpc) is 3.11. The molecule has 2 aliphatic rings. The Kier molecular flexibility index (Phi) is 6.54. The highest BCUT2D eigenvalue weighted by Crippen LogP contribution is 2.35. The van der Waals surface area contributed by atoms with Crippen LogP contribution in [0, 0.1) is 0 Å². The molecule has 0 spiro atoms. The fraction of sp³-hybridized carbons (Fsp3) is 0.320. The first-order valence-corrected chi connectivity index (χ1v) is 11.4. The van der Waals surface area contributed by atoms with Crippen molar-refractivity contribution in [1.29, 1.82) is 0 Å². The Morgan fingerprint density at radius 3 is 2.26 bits per heavy atom. The molecular formula is C25H26N4O6. The van der Waals surface area contributed by atoms with Gasteiger partial charge in [0, 0.05) is 18.8 Å². The van der Waals surface area contributed by atoms with Crippen molar-refractivity contribution in [3.05, 3.63) is 53.6 Å². The van der Waals surface area contributed by atoms with Gasteiger partial charge in [-0.15, -0.1) is 0 Å². The third kappa shape index (κ3) is 4.34. The number of nitrogens with zero attached hydrogens (tertiary/aromatic N) is 3. The predicted molar refractivity (Wildman–Crippen MR) is 127 cm³/mol. The molecule has 0 bridgehead atoms. The highest BCUT2D eigenvalue weighted by atomic mass is 16.5. The van der Waals surface area contributed by atoms with Crippen LogP contribution in [0.2, 0.25) is 0 Å². The van der Waals surface area contributed by atoms with Gasteiger partial charge in [0.15, 0.2) is 6.61 Å². The van der Waals surface area contributed by atoms with Gasteiger partial charge in [0.25, 0.3) is 17.7 Å². The number of hydrogen-bond donors (Lipinski definition) is 1. The number of fused-ring (bicyclic) bond motifs is 2. The molecule has 0 radical (unpaired) electrons. The van der Waals surface area contributed by atoms with Crippen LogP contribution in [-0.2, 0) is 14.4 Å². The minimum Gasteiger partial charge on any atom is -0.482 e. The van der Waals surface area contributed by atoms with Crippen molar-refractivity contribution in [1.82, 2.24) is 9.80 Å². The van der Waals surface area contributed by atoms with Gasteiger partial charge >= 0.3 is 0 Å². The van der Waals surface area contributed by atoms with Gasteiger partial charge in [-0.3, -0.25) is 33.8 Å². The Hall–Kier alpha value is -4.21. The number of ether oxygens (including phenoxy) is 1. The van der Waals surface area contributed by atoms with E-state index in [1.165, 1.54) is 17.9 Å². The molecule has 0 fully saturated rings. The van der Waals surface area contributed by atoms with Crippen molar-refractivity contribution in [2.24, 2.45) is 0 Å². The van der Waals surface area contributed by atoms with Crippen LogP contribution in [-0.4, -0.2) is 71.6 Å². The molecule has 2 aromatic rings. The quantitative estimate of drug-likeness (QED) is 0.608. The number of imide groups is 1. The maximum absolute atomic E-state index is 13.0. The lowest BCUT2D eigenvalue weighted by Crippen LogP contribution is -2.46. The van der Waals surface area contributed by atoms with Crippen LogP contribution in [0.4, 0.5) is 11.4 Å². The van der Waals surface area contributed by atoms with Crippen LogP contribution in [0.5, 0.6) is 5.75 Å². The number of anilines is 2. The number of nitrogens with one attached hydrogen (secondary N) is 1. The van der Waals surface area contributed by atoms with Crippen molar-refractivity contribution in [3.8, 4) is 5.75 Å². The van der Waals surface area contributed by atoms with E-state index < -0.39 is 23.8 Å². The summed E-state index contributed by atoms with van der Waals surface area (Å²) in [5.41, 5.74) is 1.20. The molecule has 1 atom stereocenters. The minimum atomic E-state index is -1.07. The number of carbonyl (C=O) groups excluding carboxylic acids is 5. The van der Waals surface area contributed by atoms with Crippen LogP contribution in [0.25, 0.3) is 0 Å². The molecule has 0 aliphatic carbocycles. The molecule has 35 heavy (non-hydrogen) atoms. The second kappa shape index (κ2) is 9.57. The molecule has 1 unspecified atom stereocenters. The van der Waals surface area contributed by atoms with Gasteiger partial charge in [-0.1, -0.05) is 12.1 Å². The number of rotatable bonds is 7. The largest absolute Gasteiger partial charge is 0.482 e. The molecule has 182 valence electrons. The number of amides is 5. The first kappa shape index (κ1) is 23.9. The van der Waals surface area contributed by atoms with Crippen molar-refractivity contribution in [2.45, 2.75) is 26.8 Å². The van der Waals surface area contributed by atoms with E-state index in [2.05, 4.69) is 5.32 Å². The normalized spacial score (nSPS) is 15.3. The summed E-state index contributed by atoms with van der Waals surface area (Å²) >= 11 is 0. The van der Waals surface area contributed by atoms with E-state index in [1.54, 1.807) is 41.3 Å². The molecule has 2 heterocycles. The van der Waals surface area contributed by atoms with Crippen LogP contribution in [0.1, 0.15) is 41.5 Å². The summed E-state index contributed by atoms with van der Waals surface area (Å²) in [6.07, 6.45) is 0. The lowest BCUT2D eigenvalue weighted by atomic mass is 10.1. The summed E-state index contributed by atoms with van der Waals surface area (Å²) < 4.78 is 5.49. The van der Waals surface area contributed by atoms with Crippen molar-refractivity contribution in [3.63, 3.8) is 0 Å². The molecule has 2 aromatic carbocycles. The van der Waals surface area contributed by atoms with Crippen LogP contribution >= 0.6 is 0 Å². The van der Waals surface area contributed by atoms with Gasteiger partial charge in [0.05, 0.1) is 16.8 Å². The zero-order chi connectivity index (χ0) is 25.3. The Balaban J connectivity index is 1.53. The SMILES string of the molecule is CCN(CC)C(=O)CN1C(=O)COc2ccc(NC(=O)C(C)N3C(=O)c4ccccc4C3=O)cc21. The van der Waals surface area contributed by atoms with Gasteiger partial charge in [-0.05, 0) is 51.1 Å². The number of hydrogen-bond acceptors (Lipinski definition) is 6. The number of carbonyl (C=O) groups is 5. The van der Waals surface area contributed by atoms with E-state index in [9.17, 15) is 24.0 Å². The zero-order valence-electron chi connectivity index (χ0n) is 19.7. The summed E-state index contributed by atoms with van der Waals surface area (Å²) in [6, 6.07) is 10.1. The van der Waals surface area contributed by atoms with E-state index >= 15 is 0 Å². The van der Waals surface area contributed by atoms with Crippen LogP contribution in [0.15, 0.2) is 42.5 Å². The van der Waals surface area contributed by atoms with E-state index in [-0.39, 0.29) is 36.1 Å². The molecular weight excluding hydrogens is 452 g/mol. The van der Waals surface area contributed by atoms with Crippen molar-refractivity contribution < 1.29 is 28.7 Å². The van der Waals surface area contributed by atoms with Gasteiger partial charge in [0.1, 0.15) is 18.3 Å². The predicted octanol–water partition coefficient (Wildman–Crippen LogP) is 1.90. The van der Waals surface area contributed by atoms with Crippen LogP contribution < -0.4 is 15.0 Å². The molecule has 0 saturated carbocycles. The molecule has 5 amide bonds. The fourth-order valence-electron chi connectivity index (χ4n) is 4.19. The molecule has 0 saturated heterocycles. The Morgan fingerprint density at radius 1 is 1.03 bits per heavy atom. The van der Waals surface area contributed by atoms with E-state index in [4.69, 9.17) is 4.74 Å². The molecule has 1 N–H and O–H groups in total. The molecule has 2 aliphatic heterocycles. The van der Waals surface area contributed by atoms with Crippen LogP contribution in [0.3, 0.4) is 0 Å². The maximum atomic E-state index is 13.0. The minimum absolute atomic E-state index is 0.153. The monoisotopic (exact) mass is 478 g/mol. The highest BCUT2D eigenvalue weighted by Gasteiger charge is 2.40. The lowest BCUT2D eigenvalue weighted by Gasteiger charge is -2.31. The van der Waals surface area contributed by atoms with E-state index in [0.717, 1.165) is 4.90 Å². The van der Waals surface area contributed by atoms with Crippen molar-refractivity contribution in [2.75, 3.05) is 36.5 Å². The second-order valence-electron chi connectivity index (χ2n) is 8.21.